The molecule has 0 rings (SSSR count). The molecule has 0 spiro atoms. The van der Waals surface area contributed by atoms with E-state index in [1.807, 2.05) is 6.08 Å². The van der Waals surface area contributed by atoms with Gasteiger partial charge in [-0.2, -0.15) is 0 Å². The molecule has 0 unspecified atom stereocenters. The van der Waals surface area contributed by atoms with E-state index < -0.39 is 32.5 Å². The second-order valence-corrected chi connectivity index (χ2v) is 14.6. The fourth-order valence-electron chi connectivity index (χ4n) is 5.43. The van der Waals surface area contributed by atoms with Crippen LogP contribution in [0.3, 0.4) is 0 Å². The van der Waals surface area contributed by atoms with Crippen LogP contribution in [-0.2, 0) is 28.2 Å². The molecule has 50 heavy (non-hydrogen) atoms. The van der Waals surface area contributed by atoms with Gasteiger partial charge in [-0.3, -0.25) is 9.32 Å². The average Bonchev–Trinajstić information content (AvgIpc) is 3.08. The molecule has 8 nitrogen and oxygen atoms in total. The summed E-state index contributed by atoms with van der Waals surface area (Å²) >= 11 is 0. The Morgan fingerprint density at radius 2 is 1.04 bits per heavy atom. The molecule has 2 N–H and O–H groups in total. The SMILES string of the molecule is CCCCC/C=C/C/C=C/CCCCCCCCCC(=O)OC[C@H](COP(=O)(O)O)OC(=O)/C=C/C=C/CCCCCCCCCCCCC. The topological polar surface area (TPSA) is 119 Å². The first-order chi connectivity index (χ1) is 24.3. The third kappa shape index (κ3) is 38.8. The van der Waals surface area contributed by atoms with Crippen molar-refractivity contribution < 1.29 is 37.9 Å². The van der Waals surface area contributed by atoms with Crippen LogP contribution < -0.4 is 0 Å². The van der Waals surface area contributed by atoms with Crippen LogP contribution in [0.4, 0.5) is 0 Å². The molecule has 0 aromatic carbocycles. The summed E-state index contributed by atoms with van der Waals surface area (Å²) in [4.78, 5) is 42.6. The predicted molar refractivity (Wildman–Crippen MR) is 207 cm³/mol. The Morgan fingerprint density at radius 1 is 0.580 bits per heavy atom. The molecule has 0 amide bonds. The van der Waals surface area contributed by atoms with E-state index in [-0.39, 0.29) is 13.0 Å². The Morgan fingerprint density at radius 3 is 1.58 bits per heavy atom. The number of hydrogen-bond donors (Lipinski definition) is 2. The van der Waals surface area contributed by atoms with Crippen LogP contribution >= 0.6 is 7.82 Å². The predicted octanol–water partition coefficient (Wildman–Crippen LogP) is 12.0. The number of hydrogen-bond acceptors (Lipinski definition) is 6. The first kappa shape index (κ1) is 48.0. The van der Waals surface area contributed by atoms with Crippen molar-refractivity contribution in [1.29, 1.82) is 0 Å². The van der Waals surface area contributed by atoms with Crippen LogP contribution in [0.2, 0.25) is 0 Å². The van der Waals surface area contributed by atoms with Gasteiger partial charge >= 0.3 is 19.8 Å². The lowest BCUT2D eigenvalue weighted by molar-refractivity contribution is -0.157. The number of esters is 2. The van der Waals surface area contributed by atoms with Crippen molar-refractivity contribution in [3.05, 3.63) is 48.6 Å². The number of rotatable bonds is 36. The number of carbonyl (C=O) groups is 2. The van der Waals surface area contributed by atoms with Gasteiger partial charge in [-0.25, -0.2) is 9.36 Å². The number of allylic oxidation sites excluding steroid dienone is 7. The van der Waals surface area contributed by atoms with Crippen molar-refractivity contribution in [3.63, 3.8) is 0 Å². The van der Waals surface area contributed by atoms with Crippen molar-refractivity contribution in [3.8, 4) is 0 Å². The van der Waals surface area contributed by atoms with Gasteiger partial charge in [0.15, 0.2) is 6.10 Å². The third-order valence-electron chi connectivity index (χ3n) is 8.43. The lowest BCUT2D eigenvalue weighted by atomic mass is 10.1. The fourth-order valence-corrected chi connectivity index (χ4v) is 5.79. The Hall–Kier alpha value is -1.99. The van der Waals surface area contributed by atoms with Gasteiger partial charge in [0.25, 0.3) is 0 Å². The van der Waals surface area contributed by atoms with Crippen molar-refractivity contribution >= 4 is 19.8 Å². The second kappa shape index (κ2) is 36.8. The maximum absolute atomic E-state index is 12.3. The molecule has 0 aliphatic carbocycles. The van der Waals surface area contributed by atoms with Crippen LogP contribution in [0, 0.1) is 0 Å². The summed E-state index contributed by atoms with van der Waals surface area (Å²) in [5.41, 5.74) is 0. The maximum atomic E-state index is 12.3. The van der Waals surface area contributed by atoms with Gasteiger partial charge in [0.2, 0.25) is 0 Å². The highest BCUT2D eigenvalue weighted by atomic mass is 31.2. The molecule has 0 aliphatic rings. The summed E-state index contributed by atoms with van der Waals surface area (Å²) in [6, 6.07) is 0. The zero-order valence-corrected chi connectivity index (χ0v) is 32.7. The molecule has 0 heterocycles. The Bertz CT molecular complexity index is 952. The molecule has 0 aromatic heterocycles. The second-order valence-electron chi connectivity index (χ2n) is 13.3. The van der Waals surface area contributed by atoms with E-state index in [0.29, 0.717) is 6.42 Å². The van der Waals surface area contributed by atoms with Crippen LogP contribution in [0.15, 0.2) is 48.6 Å². The highest BCUT2D eigenvalue weighted by Gasteiger charge is 2.22. The van der Waals surface area contributed by atoms with Crippen molar-refractivity contribution in [2.75, 3.05) is 13.2 Å². The van der Waals surface area contributed by atoms with E-state index in [4.69, 9.17) is 19.3 Å². The molecule has 9 heteroatoms. The zero-order valence-electron chi connectivity index (χ0n) is 31.8. The Labute approximate surface area is 305 Å². The zero-order chi connectivity index (χ0) is 36.8. The number of phosphoric acid groups is 1. The summed E-state index contributed by atoms with van der Waals surface area (Å²) in [5.74, 6) is -1.15. The quantitative estimate of drug-likeness (QED) is 0.0164. The largest absolute Gasteiger partial charge is 0.469 e. The van der Waals surface area contributed by atoms with Crippen LogP contribution in [0.25, 0.3) is 0 Å². The monoisotopic (exact) mass is 725 g/mol. The van der Waals surface area contributed by atoms with Gasteiger partial charge < -0.3 is 19.3 Å². The lowest BCUT2D eigenvalue weighted by Crippen LogP contribution is -2.29. The standard InChI is InChI=1S/C41H73O8P/c1-3-5-7-9-11-13-15-17-19-20-22-23-25-27-29-31-33-35-40(42)47-37-39(38-48-50(44,45)46)49-41(43)36-34-32-30-28-26-24-21-18-16-14-12-10-8-6-4-2/h11,13,17,19,30,32,34,36,39H,3-10,12,14-16,18,20-29,31,33,35,37-38H2,1-2H3,(H2,44,45,46)/b13-11+,19-17+,32-30+,36-34+/t39-/m1/s1. The van der Waals surface area contributed by atoms with Crippen LogP contribution in [0.1, 0.15) is 181 Å². The van der Waals surface area contributed by atoms with E-state index in [9.17, 15) is 14.2 Å². The molecule has 0 fully saturated rings. The molecular formula is C41H73O8P. The van der Waals surface area contributed by atoms with Crippen LogP contribution in [0.5, 0.6) is 0 Å². The van der Waals surface area contributed by atoms with Gasteiger partial charge in [-0.1, -0.05) is 166 Å². The number of ether oxygens (including phenoxy) is 2. The van der Waals surface area contributed by atoms with Crippen molar-refractivity contribution in [2.24, 2.45) is 0 Å². The summed E-state index contributed by atoms with van der Waals surface area (Å²) in [6.07, 6.45) is 44.6. The van der Waals surface area contributed by atoms with Crippen molar-refractivity contribution in [1.82, 2.24) is 0 Å². The number of carbonyl (C=O) groups excluding carboxylic acids is 2. The first-order valence-corrected chi connectivity index (χ1v) is 21.5. The molecule has 0 aliphatic heterocycles. The van der Waals surface area contributed by atoms with Gasteiger partial charge in [0.1, 0.15) is 6.61 Å². The third-order valence-corrected chi connectivity index (χ3v) is 8.91. The molecular weight excluding hydrogens is 651 g/mol. The minimum atomic E-state index is -4.78. The van der Waals surface area contributed by atoms with Gasteiger partial charge in [-0.05, 0) is 51.4 Å². The Balaban J connectivity index is 4.05. The lowest BCUT2D eigenvalue weighted by Gasteiger charge is -2.17. The molecule has 290 valence electrons. The molecule has 1 atom stereocenters. The summed E-state index contributed by atoms with van der Waals surface area (Å²) < 4.78 is 26.1. The van der Waals surface area contributed by atoms with Gasteiger partial charge in [-0.15, -0.1) is 0 Å². The molecule has 0 saturated heterocycles. The summed E-state index contributed by atoms with van der Waals surface area (Å²) in [5, 5.41) is 0. The average molecular weight is 725 g/mol. The van der Waals surface area contributed by atoms with Gasteiger partial charge in [0, 0.05) is 12.5 Å². The number of phosphoric ester groups is 1. The fraction of sp³-hybridized carbons (Fsp3) is 0.756. The molecule has 0 bridgehead atoms. The highest BCUT2D eigenvalue weighted by Crippen LogP contribution is 2.35. The summed E-state index contributed by atoms with van der Waals surface area (Å²) in [7, 11) is -4.78. The number of unbranched alkanes of at least 4 members (excludes halogenated alkanes) is 21. The van der Waals surface area contributed by atoms with Crippen LogP contribution in [-0.4, -0.2) is 41.0 Å². The van der Waals surface area contributed by atoms with E-state index in [2.05, 4.69) is 42.7 Å². The minimum Gasteiger partial charge on any atom is -0.462 e. The summed E-state index contributed by atoms with van der Waals surface area (Å²) in [6.45, 7) is 3.55. The highest BCUT2D eigenvalue weighted by molar-refractivity contribution is 7.46. The van der Waals surface area contributed by atoms with Gasteiger partial charge in [0.05, 0.1) is 6.61 Å². The van der Waals surface area contributed by atoms with E-state index in [0.717, 1.165) is 44.9 Å². The minimum absolute atomic E-state index is 0.238. The molecule has 0 saturated carbocycles. The normalized spacial score (nSPS) is 13.0. The van der Waals surface area contributed by atoms with E-state index >= 15 is 0 Å². The molecule has 0 radical (unpaired) electrons. The van der Waals surface area contributed by atoms with E-state index in [1.165, 1.54) is 115 Å². The van der Waals surface area contributed by atoms with Crippen molar-refractivity contribution in [2.45, 2.75) is 187 Å². The molecule has 0 aromatic rings. The Kier molecular flexibility index (Phi) is 35.3. The van der Waals surface area contributed by atoms with E-state index in [1.54, 1.807) is 12.2 Å². The smallest absolute Gasteiger partial charge is 0.462 e. The first-order valence-electron chi connectivity index (χ1n) is 20.0. The maximum Gasteiger partial charge on any atom is 0.469 e.